The lowest BCUT2D eigenvalue weighted by atomic mass is 10.00. The Hall–Kier alpha value is -2.46. The van der Waals surface area contributed by atoms with Gasteiger partial charge < -0.3 is 0 Å². The third-order valence-electron chi connectivity index (χ3n) is 4.86. The van der Waals surface area contributed by atoms with Crippen LogP contribution in [0.2, 0.25) is 0 Å². The minimum Gasteiger partial charge on any atom is -0.293 e. The zero-order chi connectivity index (χ0) is 21.4. The van der Waals surface area contributed by atoms with Gasteiger partial charge in [0.15, 0.2) is 15.6 Å². The molecule has 0 fully saturated rings. The molecule has 0 aliphatic heterocycles. The van der Waals surface area contributed by atoms with E-state index in [9.17, 15) is 13.2 Å². The Bertz CT molecular complexity index is 978. The number of sulfone groups is 1. The molecule has 2 aromatic rings. The van der Waals surface area contributed by atoms with Gasteiger partial charge in [0.25, 0.3) is 0 Å². The molecule has 0 aliphatic carbocycles. The normalized spacial score (nSPS) is 13.0. The molecule has 2 aromatic carbocycles. The summed E-state index contributed by atoms with van der Waals surface area (Å²) in [6, 6.07) is 17.0. The van der Waals surface area contributed by atoms with E-state index in [1.165, 1.54) is 5.57 Å². The fourth-order valence-electron chi connectivity index (χ4n) is 3.12. The molecule has 0 saturated heterocycles. The summed E-state index contributed by atoms with van der Waals surface area (Å²) in [6.07, 6.45) is 7.18. The number of allylic oxidation sites excluding steroid dienone is 4. The molecule has 0 N–H and O–H groups in total. The molecule has 0 spiro atoms. The number of hydrogen-bond donors (Lipinski definition) is 0. The lowest BCUT2D eigenvalue weighted by Gasteiger charge is -2.13. The Morgan fingerprint density at radius 1 is 0.897 bits per heavy atom. The molecule has 4 heteroatoms. The molecule has 0 amide bonds. The second-order valence-electron chi connectivity index (χ2n) is 7.73. The van der Waals surface area contributed by atoms with Crippen molar-refractivity contribution in [3.8, 4) is 11.1 Å². The van der Waals surface area contributed by atoms with Crippen molar-refractivity contribution >= 4 is 15.6 Å². The van der Waals surface area contributed by atoms with E-state index in [4.69, 9.17) is 0 Å². The largest absolute Gasteiger partial charge is 0.293 e. The Balaban J connectivity index is 2.16. The SMILES string of the molecule is CC(C)=CCC/C(C)=C/CC(C(=O)c1ccc(-c2ccccc2)cc1)S(C)(=O)=O. The molecule has 0 saturated carbocycles. The van der Waals surface area contributed by atoms with Crippen LogP contribution in [0.5, 0.6) is 0 Å². The van der Waals surface area contributed by atoms with Crippen molar-refractivity contribution in [3.63, 3.8) is 0 Å². The molecule has 0 heterocycles. The smallest absolute Gasteiger partial charge is 0.181 e. The predicted molar refractivity (Wildman–Crippen MR) is 122 cm³/mol. The summed E-state index contributed by atoms with van der Waals surface area (Å²) in [4.78, 5) is 12.9. The van der Waals surface area contributed by atoms with Crippen LogP contribution in [0.1, 0.15) is 50.4 Å². The van der Waals surface area contributed by atoms with Crippen LogP contribution in [0.25, 0.3) is 11.1 Å². The van der Waals surface area contributed by atoms with Gasteiger partial charge in [0, 0.05) is 11.8 Å². The number of carbonyl (C=O) groups is 1. The highest BCUT2D eigenvalue weighted by molar-refractivity contribution is 7.92. The van der Waals surface area contributed by atoms with Crippen LogP contribution in [-0.4, -0.2) is 25.7 Å². The van der Waals surface area contributed by atoms with Crippen LogP contribution >= 0.6 is 0 Å². The topological polar surface area (TPSA) is 51.2 Å². The summed E-state index contributed by atoms with van der Waals surface area (Å²) in [5, 5.41) is -1.05. The van der Waals surface area contributed by atoms with Gasteiger partial charge in [-0.05, 0) is 51.2 Å². The lowest BCUT2D eigenvalue weighted by molar-refractivity contribution is 0.0987. The fraction of sp³-hybridized carbons (Fsp3) is 0.320. The number of Topliss-reactive ketones (excluding diaryl/α,β-unsaturated/α-hetero) is 1. The fourth-order valence-corrected chi connectivity index (χ4v) is 4.09. The number of rotatable bonds is 9. The van der Waals surface area contributed by atoms with Crippen LogP contribution in [0.4, 0.5) is 0 Å². The molecule has 0 aromatic heterocycles. The zero-order valence-corrected chi connectivity index (χ0v) is 18.5. The summed E-state index contributed by atoms with van der Waals surface area (Å²) in [7, 11) is -3.51. The first-order valence-electron chi connectivity index (χ1n) is 9.86. The Morgan fingerprint density at radius 3 is 2.03 bits per heavy atom. The molecule has 0 radical (unpaired) electrons. The van der Waals surface area contributed by atoms with E-state index in [1.807, 2.05) is 55.5 Å². The predicted octanol–water partition coefficient (Wildman–Crippen LogP) is 6.03. The van der Waals surface area contributed by atoms with E-state index in [2.05, 4.69) is 19.9 Å². The van der Waals surface area contributed by atoms with Crippen LogP contribution < -0.4 is 0 Å². The van der Waals surface area contributed by atoms with E-state index in [1.54, 1.807) is 12.1 Å². The molecule has 1 atom stereocenters. The van der Waals surface area contributed by atoms with Crippen molar-refractivity contribution in [1.82, 2.24) is 0 Å². The van der Waals surface area contributed by atoms with E-state index in [0.29, 0.717) is 5.56 Å². The first-order chi connectivity index (χ1) is 13.7. The third kappa shape index (κ3) is 7.13. The van der Waals surface area contributed by atoms with Gasteiger partial charge in [-0.3, -0.25) is 4.79 Å². The Labute approximate surface area is 175 Å². The monoisotopic (exact) mass is 410 g/mol. The minimum atomic E-state index is -3.51. The van der Waals surface area contributed by atoms with Gasteiger partial charge in [0.2, 0.25) is 0 Å². The first-order valence-corrected chi connectivity index (χ1v) is 11.8. The standard InChI is InChI=1S/C25H30O3S/c1-19(2)9-8-10-20(3)13-18-24(29(4,27)28)25(26)23-16-14-22(15-17-23)21-11-6-5-7-12-21/h5-7,9,11-17,24H,8,10,18H2,1-4H3/b20-13+. The van der Waals surface area contributed by atoms with Crippen LogP contribution in [0.15, 0.2) is 77.9 Å². The van der Waals surface area contributed by atoms with E-state index >= 15 is 0 Å². The second-order valence-corrected chi connectivity index (χ2v) is 9.96. The molecule has 154 valence electrons. The van der Waals surface area contributed by atoms with Crippen LogP contribution in [0.3, 0.4) is 0 Å². The van der Waals surface area contributed by atoms with Crippen LogP contribution in [0, 0.1) is 0 Å². The zero-order valence-electron chi connectivity index (χ0n) is 17.7. The highest BCUT2D eigenvalue weighted by Gasteiger charge is 2.28. The second kappa shape index (κ2) is 10.4. The molecular weight excluding hydrogens is 380 g/mol. The number of ketones is 1. The van der Waals surface area contributed by atoms with Gasteiger partial charge in [0.1, 0.15) is 5.25 Å². The highest BCUT2D eigenvalue weighted by Crippen LogP contribution is 2.22. The molecule has 0 aliphatic rings. The summed E-state index contributed by atoms with van der Waals surface area (Å²) in [5.41, 5.74) is 4.84. The average Bonchev–Trinajstić information content (AvgIpc) is 2.67. The van der Waals surface area contributed by atoms with E-state index < -0.39 is 15.1 Å². The molecule has 29 heavy (non-hydrogen) atoms. The van der Waals surface area contributed by atoms with E-state index in [-0.39, 0.29) is 12.2 Å². The van der Waals surface area contributed by atoms with Crippen LogP contribution in [-0.2, 0) is 9.84 Å². The molecule has 3 nitrogen and oxygen atoms in total. The van der Waals surface area contributed by atoms with Crippen molar-refractivity contribution in [3.05, 3.63) is 83.5 Å². The van der Waals surface area contributed by atoms with Gasteiger partial charge >= 0.3 is 0 Å². The highest BCUT2D eigenvalue weighted by atomic mass is 32.2. The van der Waals surface area contributed by atoms with Crippen molar-refractivity contribution in [2.45, 2.75) is 45.3 Å². The van der Waals surface area contributed by atoms with Crippen molar-refractivity contribution in [2.75, 3.05) is 6.26 Å². The summed E-state index contributed by atoms with van der Waals surface area (Å²) < 4.78 is 24.6. The van der Waals surface area contributed by atoms with Gasteiger partial charge in [-0.15, -0.1) is 0 Å². The Morgan fingerprint density at radius 2 is 1.48 bits per heavy atom. The summed E-state index contributed by atoms with van der Waals surface area (Å²) in [6.45, 7) is 6.10. The average molecular weight is 411 g/mol. The maximum Gasteiger partial charge on any atom is 0.181 e. The molecular formula is C25H30O3S. The van der Waals surface area contributed by atoms with Crippen molar-refractivity contribution in [1.29, 1.82) is 0 Å². The maximum absolute atomic E-state index is 12.9. The third-order valence-corrected chi connectivity index (χ3v) is 6.30. The van der Waals surface area contributed by atoms with Gasteiger partial charge in [0.05, 0.1) is 0 Å². The number of hydrogen-bond acceptors (Lipinski definition) is 3. The first kappa shape index (κ1) is 22.8. The number of benzene rings is 2. The van der Waals surface area contributed by atoms with Crippen molar-refractivity contribution in [2.24, 2.45) is 0 Å². The summed E-state index contributed by atoms with van der Waals surface area (Å²) >= 11 is 0. The molecule has 2 rings (SSSR count). The lowest BCUT2D eigenvalue weighted by Crippen LogP contribution is -2.29. The Kier molecular flexibility index (Phi) is 8.15. The van der Waals surface area contributed by atoms with Gasteiger partial charge in [-0.1, -0.05) is 77.9 Å². The maximum atomic E-state index is 12.9. The van der Waals surface area contributed by atoms with Gasteiger partial charge in [-0.2, -0.15) is 0 Å². The van der Waals surface area contributed by atoms with Crippen molar-refractivity contribution < 1.29 is 13.2 Å². The summed E-state index contributed by atoms with van der Waals surface area (Å²) in [5.74, 6) is -0.347. The van der Waals surface area contributed by atoms with E-state index in [0.717, 1.165) is 35.8 Å². The molecule has 1 unspecified atom stereocenters. The molecule has 0 bridgehead atoms. The minimum absolute atomic E-state index is 0.207. The number of carbonyl (C=O) groups excluding carboxylic acids is 1. The quantitative estimate of drug-likeness (QED) is 0.374. The van der Waals surface area contributed by atoms with Gasteiger partial charge in [-0.25, -0.2) is 8.42 Å².